The van der Waals surface area contributed by atoms with Crippen LogP contribution in [0.2, 0.25) is 0 Å². The fraction of sp³-hybridized carbons (Fsp3) is 1.00. The van der Waals surface area contributed by atoms with Gasteiger partial charge >= 0.3 is 0 Å². The smallest absolute Gasteiger partial charge is 0.0210 e. The Balaban J connectivity index is 0.000000396. The highest BCUT2D eigenvalue weighted by atomic mass is 15.2. The van der Waals surface area contributed by atoms with Crippen molar-refractivity contribution < 1.29 is 0 Å². The third-order valence-electron chi connectivity index (χ3n) is 3.45. The molecule has 0 amide bonds. The van der Waals surface area contributed by atoms with Gasteiger partial charge < -0.3 is 0 Å². The molecule has 0 unspecified atom stereocenters. The molecular formula is C12H25N. The zero-order valence-corrected chi connectivity index (χ0v) is 9.60. The molecule has 0 bridgehead atoms. The van der Waals surface area contributed by atoms with Gasteiger partial charge in [-0.15, -0.1) is 0 Å². The van der Waals surface area contributed by atoms with E-state index in [-0.39, 0.29) is 0 Å². The first kappa shape index (κ1) is 11.0. The van der Waals surface area contributed by atoms with Gasteiger partial charge in [0.2, 0.25) is 0 Å². The van der Waals surface area contributed by atoms with Crippen LogP contribution < -0.4 is 0 Å². The second-order valence-corrected chi connectivity index (χ2v) is 4.11. The molecule has 0 aromatic rings. The minimum atomic E-state index is 0.714. The lowest BCUT2D eigenvalue weighted by atomic mass is 10.1. The SMILES string of the molecule is CC.CCN1CCCCCC12CC2. The molecule has 1 aliphatic heterocycles. The average Bonchev–Trinajstić information content (AvgIpc) is 2.98. The van der Waals surface area contributed by atoms with E-state index in [2.05, 4.69) is 11.8 Å². The van der Waals surface area contributed by atoms with Crippen molar-refractivity contribution in [1.82, 2.24) is 4.90 Å². The van der Waals surface area contributed by atoms with Gasteiger partial charge in [-0.2, -0.15) is 0 Å². The summed E-state index contributed by atoms with van der Waals surface area (Å²) in [7, 11) is 0. The lowest BCUT2D eigenvalue weighted by molar-refractivity contribution is 0.190. The largest absolute Gasteiger partial charge is 0.298 e. The van der Waals surface area contributed by atoms with Crippen molar-refractivity contribution in [2.24, 2.45) is 0 Å². The number of rotatable bonds is 1. The molecule has 0 N–H and O–H groups in total. The molecule has 0 aromatic carbocycles. The van der Waals surface area contributed by atoms with Crippen molar-refractivity contribution in [2.45, 2.75) is 64.8 Å². The summed E-state index contributed by atoms with van der Waals surface area (Å²) in [6, 6.07) is 0. The lowest BCUT2D eigenvalue weighted by Crippen LogP contribution is -2.36. The van der Waals surface area contributed by atoms with Gasteiger partial charge in [-0.1, -0.05) is 33.6 Å². The van der Waals surface area contributed by atoms with Crippen LogP contribution in [0.15, 0.2) is 0 Å². The van der Waals surface area contributed by atoms with E-state index in [9.17, 15) is 0 Å². The van der Waals surface area contributed by atoms with Gasteiger partial charge in [-0.25, -0.2) is 0 Å². The van der Waals surface area contributed by atoms with Crippen molar-refractivity contribution in [1.29, 1.82) is 0 Å². The Morgan fingerprint density at radius 2 is 1.69 bits per heavy atom. The Labute approximate surface area is 83.5 Å². The van der Waals surface area contributed by atoms with Crippen molar-refractivity contribution in [3.8, 4) is 0 Å². The molecule has 1 saturated heterocycles. The number of hydrogen-bond donors (Lipinski definition) is 0. The molecule has 13 heavy (non-hydrogen) atoms. The zero-order chi connectivity index (χ0) is 9.73. The second-order valence-electron chi connectivity index (χ2n) is 4.11. The third kappa shape index (κ3) is 2.46. The molecule has 1 heterocycles. The normalized spacial score (nSPS) is 26.1. The summed E-state index contributed by atoms with van der Waals surface area (Å²) >= 11 is 0. The van der Waals surface area contributed by atoms with Gasteiger partial charge in [0.15, 0.2) is 0 Å². The van der Waals surface area contributed by atoms with Gasteiger partial charge in [-0.05, 0) is 38.8 Å². The van der Waals surface area contributed by atoms with E-state index in [1.807, 2.05) is 13.8 Å². The van der Waals surface area contributed by atoms with Gasteiger partial charge in [0.05, 0.1) is 0 Å². The highest BCUT2D eigenvalue weighted by molar-refractivity contribution is 5.04. The summed E-state index contributed by atoms with van der Waals surface area (Å²) in [5.74, 6) is 0. The van der Waals surface area contributed by atoms with Crippen LogP contribution in [0.3, 0.4) is 0 Å². The highest BCUT2D eigenvalue weighted by Gasteiger charge is 2.46. The maximum Gasteiger partial charge on any atom is 0.0210 e. The minimum Gasteiger partial charge on any atom is -0.298 e. The molecule has 2 rings (SSSR count). The van der Waals surface area contributed by atoms with Crippen molar-refractivity contribution in [3.63, 3.8) is 0 Å². The third-order valence-corrected chi connectivity index (χ3v) is 3.45. The monoisotopic (exact) mass is 183 g/mol. The lowest BCUT2D eigenvalue weighted by Gasteiger charge is -2.28. The highest BCUT2D eigenvalue weighted by Crippen LogP contribution is 2.47. The molecule has 0 aromatic heterocycles. The Kier molecular flexibility index (Phi) is 4.24. The average molecular weight is 183 g/mol. The van der Waals surface area contributed by atoms with Gasteiger partial charge in [0.25, 0.3) is 0 Å². The maximum atomic E-state index is 2.72. The molecule has 2 fully saturated rings. The van der Waals surface area contributed by atoms with Crippen LogP contribution in [-0.2, 0) is 0 Å². The first-order valence-corrected chi connectivity index (χ1v) is 6.12. The molecule has 1 spiro atoms. The second kappa shape index (κ2) is 4.99. The van der Waals surface area contributed by atoms with E-state index in [1.165, 1.54) is 51.6 Å². The van der Waals surface area contributed by atoms with Crippen molar-refractivity contribution in [2.75, 3.05) is 13.1 Å². The van der Waals surface area contributed by atoms with E-state index in [0.29, 0.717) is 5.54 Å². The molecule has 0 atom stereocenters. The van der Waals surface area contributed by atoms with Crippen molar-refractivity contribution >= 4 is 0 Å². The predicted molar refractivity (Wildman–Crippen MR) is 59.0 cm³/mol. The topological polar surface area (TPSA) is 3.24 Å². The molecule has 1 saturated carbocycles. The quantitative estimate of drug-likeness (QED) is 0.602. The molecule has 0 radical (unpaired) electrons. The predicted octanol–water partition coefficient (Wildman–Crippen LogP) is 3.44. The minimum absolute atomic E-state index is 0.714. The van der Waals surface area contributed by atoms with Gasteiger partial charge in [-0.3, -0.25) is 4.90 Å². The van der Waals surface area contributed by atoms with E-state index in [1.54, 1.807) is 0 Å². The first-order valence-electron chi connectivity index (χ1n) is 6.12. The van der Waals surface area contributed by atoms with E-state index < -0.39 is 0 Å². The molecule has 78 valence electrons. The van der Waals surface area contributed by atoms with Crippen LogP contribution in [0.25, 0.3) is 0 Å². The van der Waals surface area contributed by atoms with Crippen LogP contribution in [0.4, 0.5) is 0 Å². The van der Waals surface area contributed by atoms with Crippen molar-refractivity contribution in [3.05, 3.63) is 0 Å². The Hall–Kier alpha value is -0.0400. The van der Waals surface area contributed by atoms with Crippen LogP contribution in [0, 0.1) is 0 Å². The van der Waals surface area contributed by atoms with E-state index in [0.717, 1.165) is 0 Å². The van der Waals surface area contributed by atoms with E-state index >= 15 is 0 Å². The molecule has 2 aliphatic rings. The molecule has 1 heteroatoms. The van der Waals surface area contributed by atoms with Crippen LogP contribution in [0.1, 0.15) is 59.3 Å². The summed E-state index contributed by atoms with van der Waals surface area (Å²) in [4.78, 5) is 2.72. The number of hydrogen-bond acceptors (Lipinski definition) is 1. The van der Waals surface area contributed by atoms with Gasteiger partial charge in [0, 0.05) is 5.54 Å². The van der Waals surface area contributed by atoms with E-state index in [4.69, 9.17) is 0 Å². The number of nitrogens with zero attached hydrogens (tertiary/aromatic N) is 1. The van der Waals surface area contributed by atoms with Crippen LogP contribution in [0.5, 0.6) is 0 Å². The molecule has 1 aliphatic carbocycles. The first-order chi connectivity index (χ1) is 6.37. The molecular weight excluding hydrogens is 158 g/mol. The fourth-order valence-electron chi connectivity index (χ4n) is 2.53. The molecule has 1 nitrogen and oxygen atoms in total. The standard InChI is InChI=1S/C10H19N.C2H6/c1-2-11-9-5-3-4-6-10(11)7-8-10;1-2/h2-9H2,1H3;1-2H3. The van der Waals surface area contributed by atoms with Gasteiger partial charge in [0.1, 0.15) is 0 Å². The zero-order valence-electron chi connectivity index (χ0n) is 9.60. The number of likely N-dealkylation sites (tertiary alicyclic amines) is 1. The maximum absolute atomic E-state index is 2.72. The summed E-state index contributed by atoms with van der Waals surface area (Å²) < 4.78 is 0. The Bertz CT molecular complexity index is 138. The Morgan fingerprint density at radius 3 is 2.23 bits per heavy atom. The Morgan fingerprint density at radius 1 is 1.00 bits per heavy atom. The fourth-order valence-corrected chi connectivity index (χ4v) is 2.53. The summed E-state index contributed by atoms with van der Waals surface area (Å²) in [5.41, 5.74) is 0.714. The summed E-state index contributed by atoms with van der Waals surface area (Å²) in [6.07, 6.45) is 8.85. The van der Waals surface area contributed by atoms with Crippen LogP contribution in [-0.4, -0.2) is 23.5 Å². The van der Waals surface area contributed by atoms with Crippen LogP contribution >= 0.6 is 0 Å². The summed E-state index contributed by atoms with van der Waals surface area (Å²) in [5, 5.41) is 0. The summed E-state index contributed by atoms with van der Waals surface area (Å²) in [6.45, 7) is 8.96.